The number of likely N-dealkylation sites (tertiary alicyclic amines) is 1. The normalized spacial score (nSPS) is 23.7. The van der Waals surface area contributed by atoms with Gasteiger partial charge in [-0.2, -0.15) is 0 Å². The number of hydrogen-bond acceptors (Lipinski definition) is 5. The highest BCUT2D eigenvalue weighted by atomic mass is 32.2. The van der Waals surface area contributed by atoms with E-state index in [2.05, 4.69) is 64.7 Å². The van der Waals surface area contributed by atoms with Gasteiger partial charge in [-0.1, -0.05) is 49.0 Å². The van der Waals surface area contributed by atoms with Crippen LogP contribution in [0.15, 0.2) is 94.8 Å². The van der Waals surface area contributed by atoms with Gasteiger partial charge >= 0.3 is 0 Å². The van der Waals surface area contributed by atoms with E-state index in [1.165, 1.54) is 21.7 Å². The first-order valence-electron chi connectivity index (χ1n) is 13.1. The Morgan fingerprint density at radius 2 is 1.81 bits per heavy atom. The van der Waals surface area contributed by atoms with Crippen molar-refractivity contribution in [2.24, 2.45) is 22.6 Å². The van der Waals surface area contributed by atoms with Gasteiger partial charge in [0.25, 0.3) is 0 Å². The summed E-state index contributed by atoms with van der Waals surface area (Å²) < 4.78 is 17.1. The Kier molecular flexibility index (Phi) is 6.76. The molecule has 6 heteroatoms. The molecule has 2 heterocycles. The van der Waals surface area contributed by atoms with E-state index in [1.54, 1.807) is 24.1 Å². The zero-order chi connectivity index (χ0) is 25.4. The molecule has 6 rings (SSSR count). The van der Waals surface area contributed by atoms with Crippen LogP contribution in [-0.2, 0) is 6.54 Å². The minimum Gasteiger partial charge on any atom is -0.320 e. The zero-order valence-electron chi connectivity index (χ0n) is 21.0. The molecule has 3 N–H and O–H groups in total. The summed E-state index contributed by atoms with van der Waals surface area (Å²) in [5, 5.41) is 0. The van der Waals surface area contributed by atoms with Crippen LogP contribution in [0.3, 0.4) is 0 Å². The summed E-state index contributed by atoms with van der Waals surface area (Å²) in [6.07, 6.45) is 2.16. The molecule has 2 fully saturated rings. The van der Waals surface area contributed by atoms with Crippen molar-refractivity contribution >= 4 is 17.7 Å². The van der Waals surface area contributed by atoms with Crippen LogP contribution in [-0.4, -0.2) is 42.3 Å². The number of halogens is 1. The maximum absolute atomic E-state index is 13.6. The van der Waals surface area contributed by atoms with E-state index in [4.69, 9.17) is 10.7 Å². The highest BCUT2D eigenvalue weighted by Crippen LogP contribution is 2.47. The Morgan fingerprint density at radius 1 is 1.03 bits per heavy atom. The summed E-state index contributed by atoms with van der Waals surface area (Å²) in [5.41, 5.74) is 13.4. The molecule has 2 unspecified atom stereocenters. The van der Waals surface area contributed by atoms with Gasteiger partial charge in [0, 0.05) is 41.1 Å². The van der Waals surface area contributed by atoms with Gasteiger partial charge in [0.2, 0.25) is 0 Å². The summed E-state index contributed by atoms with van der Waals surface area (Å²) in [6.45, 7) is 8.66. The molecule has 1 aliphatic carbocycles. The molecule has 3 aromatic rings. The molecule has 0 spiro atoms. The fourth-order valence-corrected chi connectivity index (χ4v) is 6.66. The third kappa shape index (κ3) is 5.04. The van der Waals surface area contributed by atoms with E-state index in [-0.39, 0.29) is 11.4 Å². The van der Waals surface area contributed by atoms with Gasteiger partial charge in [0.15, 0.2) is 0 Å². The van der Waals surface area contributed by atoms with Crippen LogP contribution < -0.4 is 10.5 Å². The minimum atomic E-state index is -0.348. The lowest BCUT2D eigenvalue weighted by atomic mass is 9.87. The Bertz CT molecular complexity index is 1330. The van der Waals surface area contributed by atoms with Crippen LogP contribution in [0.1, 0.15) is 24.0 Å². The minimum absolute atomic E-state index is 0.173. The van der Waals surface area contributed by atoms with Crippen LogP contribution in [0.25, 0.3) is 11.1 Å². The van der Waals surface area contributed by atoms with Crippen molar-refractivity contribution in [3.63, 3.8) is 0 Å². The predicted octanol–water partition coefficient (Wildman–Crippen LogP) is 5.69. The van der Waals surface area contributed by atoms with Crippen molar-refractivity contribution in [1.82, 2.24) is 9.62 Å². The van der Waals surface area contributed by atoms with Crippen molar-refractivity contribution in [1.29, 1.82) is 0 Å². The summed E-state index contributed by atoms with van der Waals surface area (Å²) in [7, 11) is 0. The second kappa shape index (κ2) is 10.2. The topological polar surface area (TPSA) is 53.6 Å². The number of nitrogens with two attached hydrogens (primary N) is 1. The lowest BCUT2D eigenvalue weighted by Crippen LogP contribution is -2.41. The Morgan fingerprint density at radius 3 is 2.62 bits per heavy atom. The predicted molar refractivity (Wildman–Crippen MR) is 151 cm³/mol. The lowest BCUT2D eigenvalue weighted by Gasteiger charge is -2.32. The summed E-state index contributed by atoms with van der Waals surface area (Å²) in [6, 6.07) is 24.1. The third-order valence-corrected chi connectivity index (χ3v) is 9.01. The number of nitrogens with one attached hydrogen (secondary N) is 1. The molecule has 3 aliphatic rings. The van der Waals surface area contributed by atoms with Gasteiger partial charge in [0.05, 0.1) is 12.1 Å². The van der Waals surface area contributed by atoms with E-state index >= 15 is 0 Å². The quantitative estimate of drug-likeness (QED) is 0.301. The van der Waals surface area contributed by atoms with E-state index in [0.29, 0.717) is 24.9 Å². The van der Waals surface area contributed by atoms with E-state index in [1.807, 2.05) is 12.1 Å². The number of aliphatic imine (C=N–C) groups is 1. The second-order valence-electron chi connectivity index (χ2n) is 10.5. The maximum atomic E-state index is 13.6. The SMILES string of the molecule is C=C1C(CN2CCC(C3=NCc4cc(F)ccc43)CC2)C1(N)CNSc1cccc(-c2ccccc2)c1. The van der Waals surface area contributed by atoms with Gasteiger partial charge in [-0.05, 0) is 90.5 Å². The average Bonchev–Trinajstić information content (AvgIpc) is 3.23. The molecule has 0 bridgehead atoms. The second-order valence-corrected chi connectivity index (χ2v) is 11.5. The fourth-order valence-electron chi connectivity index (χ4n) is 5.85. The maximum Gasteiger partial charge on any atom is 0.123 e. The lowest BCUT2D eigenvalue weighted by molar-refractivity contribution is 0.198. The van der Waals surface area contributed by atoms with Crippen LogP contribution in [0, 0.1) is 17.7 Å². The Labute approximate surface area is 223 Å². The molecule has 37 heavy (non-hydrogen) atoms. The highest BCUT2D eigenvalue weighted by molar-refractivity contribution is 7.97. The number of piperidine rings is 1. The monoisotopic (exact) mass is 512 g/mol. The average molecular weight is 513 g/mol. The largest absolute Gasteiger partial charge is 0.320 e. The van der Waals surface area contributed by atoms with E-state index < -0.39 is 0 Å². The standard InChI is InChI=1S/C31H33FN4S/c1-21-29(19-36-14-12-23(13-15-36)30-28-11-10-26(32)16-25(28)18-34-30)31(21,33)20-35-37-27-9-5-8-24(17-27)22-6-3-2-4-7-22/h2-11,16-17,23,29,35H,1,12-15,18-20,33H2. The first-order valence-corrected chi connectivity index (χ1v) is 13.9. The summed E-state index contributed by atoms with van der Waals surface area (Å²) in [4.78, 5) is 8.47. The van der Waals surface area contributed by atoms with Crippen molar-refractivity contribution in [3.8, 4) is 11.1 Å². The van der Waals surface area contributed by atoms with Crippen LogP contribution in [0.2, 0.25) is 0 Å². The molecular formula is C31H33FN4S. The Balaban J connectivity index is 0.984. The smallest absolute Gasteiger partial charge is 0.123 e. The first kappa shape index (κ1) is 24.6. The van der Waals surface area contributed by atoms with Crippen LogP contribution in [0.4, 0.5) is 4.39 Å². The molecule has 3 aromatic carbocycles. The summed E-state index contributed by atoms with van der Waals surface area (Å²) >= 11 is 1.63. The fraction of sp³-hybridized carbons (Fsp3) is 0.323. The van der Waals surface area contributed by atoms with Crippen LogP contribution >= 0.6 is 11.9 Å². The van der Waals surface area contributed by atoms with Gasteiger partial charge in [-0.15, -0.1) is 0 Å². The number of fused-ring (bicyclic) bond motifs is 1. The molecule has 0 amide bonds. The molecule has 2 atom stereocenters. The molecule has 0 radical (unpaired) electrons. The third-order valence-electron chi connectivity index (χ3n) is 8.23. The van der Waals surface area contributed by atoms with Gasteiger partial charge in [-0.3, -0.25) is 9.71 Å². The highest BCUT2D eigenvalue weighted by Gasteiger charge is 2.55. The van der Waals surface area contributed by atoms with Gasteiger partial charge in [-0.25, -0.2) is 4.39 Å². The molecule has 0 aromatic heterocycles. The molecule has 1 saturated heterocycles. The van der Waals surface area contributed by atoms with Crippen LogP contribution in [0.5, 0.6) is 0 Å². The van der Waals surface area contributed by atoms with Crippen molar-refractivity contribution < 1.29 is 4.39 Å². The van der Waals surface area contributed by atoms with Gasteiger partial charge in [0.1, 0.15) is 5.82 Å². The summed E-state index contributed by atoms with van der Waals surface area (Å²) in [5.74, 6) is 0.603. The van der Waals surface area contributed by atoms with Gasteiger partial charge < -0.3 is 10.6 Å². The molecular weight excluding hydrogens is 479 g/mol. The number of nitrogens with zero attached hydrogens (tertiary/aromatic N) is 2. The molecule has 2 aliphatic heterocycles. The molecule has 4 nitrogen and oxygen atoms in total. The number of rotatable bonds is 8. The molecule has 1 saturated carbocycles. The number of benzene rings is 3. The van der Waals surface area contributed by atoms with Crippen molar-refractivity contribution in [2.75, 3.05) is 26.2 Å². The van der Waals surface area contributed by atoms with Crippen molar-refractivity contribution in [3.05, 3.63) is 102 Å². The first-order chi connectivity index (χ1) is 18.0. The van der Waals surface area contributed by atoms with E-state index in [0.717, 1.165) is 49.2 Å². The zero-order valence-corrected chi connectivity index (χ0v) is 21.8. The van der Waals surface area contributed by atoms with Crippen molar-refractivity contribution in [2.45, 2.75) is 29.8 Å². The number of hydrogen-bond donors (Lipinski definition) is 2. The Hall–Kier alpha value is -2.77. The van der Waals surface area contributed by atoms with E-state index in [9.17, 15) is 4.39 Å². The molecule has 190 valence electrons.